The highest BCUT2D eigenvalue weighted by molar-refractivity contribution is 9.10. The number of hydrogen-bond donors (Lipinski definition) is 0. The van der Waals surface area contributed by atoms with Crippen LogP contribution in [0.4, 0.5) is 0 Å². The maximum Gasteiger partial charge on any atom is 0.267 e. The molecular formula is C27H26BrN3O4S. The molecule has 1 amide bonds. The van der Waals surface area contributed by atoms with Crippen LogP contribution in [0.5, 0.6) is 11.5 Å². The first-order valence-corrected chi connectivity index (χ1v) is 12.9. The Labute approximate surface area is 223 Å². The third-order valence-electron chi connectivity index (χ3n) is 5.04. The average molecular weight is 568 g/mol. The first-order valence-electron chi connectivity index (χ1n) is 11.3. The van der Waals surface area contributed by atoms with Crippen molar-refractivity contribution in [3.05, 3.63) is 87.1 Å². The molecular weight excluding hydrogens is 542 g/mol. The Kier molecular flexibility index (Phi) is 8.66. The lowest BCUT2D eigenvalue weighted by Crippen LogP contribution is -2.28. The molecule has 186 valence electrons. The number of thioether (sulfide) groups is 1. The van der Waals surface area contributed by atoms with Gasteiger partial charge in [-0.15, -0.1) is 5.10 Å². The van der Waals surface area contributed by atoms with Crippen LogP contribution in [-0.4, -0.2) is 35.9 Å². The molecule has 0 spiro atoms. The standard InChI is InChI=1S/C27H26BrN3O4S/c1-18(2)17-35-23-10-9-20(13-24(23)33-3)15-29-30-27-31(16-22-8-5-11-34-22)26(32)25(36-27)14-19-6-4-7-21(28)12-19/h4-15,18H,16-17H2,1-3H3/b25-14-,29-15+,30-27-. The van der Waals surface area contributed by atoms with E-state index in [4.69, 9.17) is 13.9 Å². The Morgan fingerprint density at radius 3 is 2.69 bits per heavy atom. The van der Waals surface area contributed by atoms with E-state index in [0.29, 0.717) is 39.9 Å². The number of carbonyl (C=O) groups is 1. The molecule has 1 saturated heterocycles. The minimum atomic E-state index is -0.154. The lowest BCUT2D eigenvalue weighted by atomic mass is 10.2. The van der Waals surface area contributed by atoms with Crippen LogP contribution in [0.2, 0.25) is 0 Å². The van der Waals surface area contributed by atoms with Crippen LogP contribution >= 0.6 is 27.7 Å². The summed E-state index contributed by atoms with van der Waals surface area (Å²) in [4.78, 5) is 15.3. The molecule has 9 heteroatoms. The highest BCUT2D eigenvalue weighted by Gasteiger charge is 2.34. The molecule has 7 nitrogen and oxygen atoms in total. The normalized spacial score (nSPS) is 16.1. The van der Waals surface area contributed by atoms with Crippen molar-refractivity contribution in [2.45, 2.75) is 20.4 Å². The van der Waals surface area contributed by atoms with Crippen molar-refractivity contribution in [2.75, 3.05) is 13.7 Å². The molecule has 0 bridgehead atoms. The highest BCUT2D eigenvalue weighted by Crippen LogP contribution is 2.34. The van der Waals surface area contributed by atoms with Gasteiger partial charge in [0.15, 0.2) is 16.7 Å². The Morgan fingerprint density at radius 2 is 1.97 bits per heavy atom. The van der Waals surface area contributed by atoms with E-state index in [1.807, 2.05) is 54.6 Å². The van der Waals surface area contributed by atoms with Crippen molar-refractivity contribution in [3.8, 4) is 11.5 Å². The van der Waals surface area contributed by atoms with Crippen LogP contribution in [0.25, 0.3) is 6.08 Å². The highest BCUT2D eigenvalue weighted by atomic mass is 79.9. The van der Waals surface area contributed by atoms with E-state index in [9.17, 15) is 4.79 Å². The summed E-state index contributed by atoms with van der Waals surface area (Å²) in [6.07, 6.45) is 5.05. The van der Waals surface area contributed by atoms with Crippen LogP contribution < -0.4 is 9.47 Å². The maximum absolute atomic E-state index is 13.2. The second-order valence-corrected chi connectivity index (χ2v) is 10.3. The fourth-order valence-corrected chi connectivity index (χ4v) is 4.67. The van der Waals surface area contributed by atoms with Gasteiger partial charge in [-0.2, -0.15) is 5.10 Å². The molecule has 2 aromatic carbocycles. The van der Waals surface area contributed by atoms with Crippen LogP contribution in [0.1, 0.15) is 30.7 Å². The molecule has 1 aliphatic heterocycles. The molecule has 4 rings (SSSR count). The Balaban J connectivity index is 1.57. The fourth-order valence-electron chi connectivity index (χ4n) is 3.31. The van der Waals surface area contributed by atoms with Gasteiger partial charge in [0.05, 0.1) is 37.6 Å². The summed E-state index contributed by atoms with van der Waals surface area (Å²) in [6, 6.07) is 16.9. The van der Waals surface area contributed by atoms with Gasteiger partial charge in [-0.1, -0.05) is 41.9 Å². The monoisotopic (exact) mass is 567 g/mol. The van der Waals surface area contributed by atoms with Crippen molar-refractivity contribution >= 4 is 51.1 Å². The number of furan rings is 1. The summed E-state index contributed by atoms with van der Waals surface area (Å²) >= 11 is 4.75. The molecule has 3 aromatic rings. The number of hydrogen-bond acceptors (Lipinski definition) is 7. The van der Waals surface area contributed by atoms with Crippen molar-refractivity contribution in [1.29, 1.82) is 0 Å². The molecule has 0 radical (unpaired) electrons. The summed E-state index contributed by atoms with van der Waals surface area (Å²) in [6.45, 7) is 5.04. The van der Waals surface area contributed by atoms with Gasteiger partial charge in [-0.3, -0.25) is 9.69 Å². The van der Waals surface area contributed by atoms with Gasteiger partial charge in [0, 0.05) is 4.47 Å². The Bertz CT molecular complexity index is 1300. The molecule has 1 aromatic heterocycles. The lowest BCUT2D eigenvalue weighted by Gasteiger charge is -2.13. The smallest absolute Gasteiger partial charge is 0.267 e. The van der Waals surface area contributed by atoms with Crippen molar-refractivity contribution < 1.29 is 18.7 Å². The SMILES string of the molecule is COc1cc(/C=N/N=C2\S/C(=C\c3cccc(Br)c3)C(=O)N2Cc2ccco2)ccc1OCC(C)C. The van der Waals surface area contributed by atoms with Gasteiger partial charge in [-0.05, 0) is 77.3 Å². The molecule has 0 aliphatic carbocycles. The van der Waals surface area contributed by atoms with E-state index in [0.717, 1.165) is 15.6 Å². The van der Waals surface area contributed by atoms with Gasteiger partial charge >= 0.3 is 0 Å². The molecule has 0 unspecified atom stereocenters. The van der Waals surface area contributed by atoms with Crippen LogP contribution in [0, 0.1) is 5.92 Å². The minimum Gasteiger partial charge on any atom is -0.493 e. The predicted molar refractivity (Wildman–Crippen MR) is 147 cm³/mol. The predicted octanol–water partition coefficient (Wildman–Crippen LogP) is 6.59. The van der Waals surface area contributed by atoms with Crippen molar-refractivity contribution in [3.63, 3.8) is 0 Å². The molecule has 0 atom stereocenters. The zero-order valence-electron chi connectivity index (χ0n) is 20.2. The van der Waals surface area contributed by atoms with Crippen molar-refractivity contribution in [2.24, 2.45) is 16.1 Å². The number of methoxy groups -OCH3 is 1. The number of amides is 1. The summed E-state index contributed by atoms with van der Waals surface area (Å²) in [5, 5.41) is 9.10. The van der Waals surface area contributed by atoms with Gasteiger partial charge in [0.25, 0.3) is 5.91 Å². The number of nitrogens with zero attached hydrogens (tertiary/aromatic N) is 3. The first-order chi connectivity index (χ1) is 17.4. The summed E-state index contributed by atoms with van der Waals surface area (Å²) < 4.78 is 17.7. The second-order valence-electron chi connectivity index (χ2n) is 8.38. The lowest BCUT2D eigenvalue weighted by molar-refractivity contribution is -0.122. The molecule has 2 heterocycles. The van der Waals surface area contributed by atoms with Gasteiger partial charge < -0.3 is 13.9 Å². The van der Waals surface area contributed by atoms with E-state index in [1.165, 1.54) is 11.8 Å². The van der Waals surface area contributed by atoms with Gasteiger partial charge in [-0.25, -0.2) is 0 Å². The maximum atomic E-state index is 13.2. The van der Waals surface area contributed by atoms with E-state index in [1.54, 1.807) is 30.6 Å². The number of halogens is 1. The largest absolute Gasteiger partial charge is 0.493 e. The molecule has 0 N–H and O–H groups in total. The summed E-state index contributed by atoms with van der Waals surface area (Å²) in [5.41, 5.74) is 1.71. The fraction of sp³-hybridized carbons (Fsp3) is 0.222. The molecule has 0 saturated carbocycles. The summed E-state index contributed by atoms with van der Waals surface area (Å²) in [5.74, 6) is 2.21. The third kappa shape index (κ3) is 6.67. The van der Waals surface area contributed by atoms with Gasteiger partial charge in [0.1, 0.15) is 5.76 Å². The quantitative estimate of drug-likeness (QED) is 0.165. The topological polar surface area (TPSA) is 76.6 Å². The number of amidine groups is 1. The number of rotatable bonds is 9. The molecule has 1 fully saturated rings. The number of ether oxygens (including phenoxy) is 2. The summed E-state index contributed by atoms with van der Waals surface area (Å²) in [7, 11) is 1.60. The molecule has 1 aliphatic rings. The third-order valence-corrected chi connectivity index (χ3v) is 6.53. The zero-order valence-corrected chi connectivity index (χ0v) is 22.6. The van der Waals surface area contributed by atoms with E-state index in [2.05, 4.69) is 40.0 Å². The van der Waals surface area contributed by atoms with Crippen LogP contribution in [0.3, 0.4) is 0 Å². The van der Waals surface area contributed by atoms with Gasteiger partial charge in [0.2, 0.25) is 0 Å². The van der Waals surface area contributed by atoms with E-state index < -0.39 is 0 Å². The first kappa shape index (κ1) is 25.8. The average Bonchev–Trinajstić information content (AvgIpc) is 3.47. The minimum absolute atomic E-state index is 0.154. The van der Waals surface area contributed by atoms with E-state index in [-0.39, 0.29) is 12.5 Å². The van der Waals surface area contributed by atoms with Crippen LogP contribution in [0.15, 0.2) is 84.9 Å². The zero-order chi connectivity index (χ0) is 25.5. The second kappa shape index (κ2) is 12.1. The van der Waals surface area contributed by atoms with Crippen molar-refractivity contribution in [1.82, 2.24) is 4.90 Å². The number of benzene rings is 2. The Morgan fingerprint density at radius 1 is 1.11 bits per heavy atom. The van der Waals surface area contributed by atoms with E-state index >= 15 is 0 Å². The Hall–Kier alpha value is -3.30. The molecule has 36 heavy (non-hydrogen) atoms. The van der Waals surface area contributed by atoms with Crippen LogP contribution in [-0.2, 0) is 11.3 Å². The number of carbonyl (C=O) groups excluding carboxylic acids is 1.